The highest BCUT2D eigenvalue weighted by molar-refractivity contribution is 7.14. The fourth-order valence-electron chi connectivity index (χ4n) is 3.26. The molecule has 0 fully saturated rings. The number of amides is 1. The van der Waals surface area contributed by atoms with Gasteiger partial charge in [0.15, 0.2) is 10.8 Å². The monoisotopic (exact) mass is 431 g/mol. The first-order valence-electron chi connectivity index (χ1n) is 9.35. The first-order chi connectivity index (χ1) is 14.7. The number of hydrogen-bond acceptors (Lipinski definition) is 6. The van der Waals surface area contributed by atoms with Crippen molar-refractivity contribution in [1.29, 1.82) is 0 Å². The molecule has 0 spiro atoms. The average molecular weight is 432 g/mol. The molecule has 4 heterocycles. The van der Waals surface area contributed by atoms with Crippen LogP contribution in [0.1, 0.15) is 20.9 Å². The molecule has 0 saturated carbocycles. The topological polar surface area (TPSA) is 72.7 Å². The van der Waals surface area contributed by atoms with Gasteiger partial charge in [0.1, 0.15) is 0 Å². The van der Waals surface area contributed by atoms with E-state index in [4.69, 9.17) is 0 Å². The number of rotatable bonds is 5. The number of pyridine rings is 1. The maximum atomic E-state index is 13.0. The van der Waals surface area contributed by atoms with E-state index in [1.54, 1.807) is 23.6 Å². The van der Waals surface area contributed by atoms with Crippen LogP contribution in [0.15, 0.2) is 65.5 Å². The van der Waals surface area contributed by atoms with Crippen molar-refractivity contribution in [3.63, 3.8) is 0 Å². The average Bonchev–Trinajstić information content (AvgIpc) is 3.51. The summed E-state index contributed by atoms with van der Waals surface area (Å²) < 4.78 is 1.84. The van der Waals surface area contributed by atoms with E-state index in [0.29, 0.717) is 22.9 Å². The van der Waals surface area contributed by atoms with Gasteiger partial charge in [0.05, 0.1) is 29.4 Å². The number of aryl methyl sites for hydroxylation is 1. The molecule has 0 atom stereocenters. The molecule has 0 bridgehead atoms. The van der Waals surface area contributed by atoms with Crippen LogP contribution in [0.4, 0.5) is 5.13 Å². The molecule has 5 aromatic rings. The number of carbonyl (C=O) groups is 1. The Morgan fingerprint density at radius 2 is 1.97 bits per heavy atom. The third-order valence-corrected chi connectivity index (χ3v) is 6.28. The van der Waals surface area contributed by atoms with Crippen molar-refractivity contribution in [2.24, 2.45) is 0 Å². The number of hydrogen-bond donors (Lipinski definition) is 1. The van der Waals surface area contributed by atoms with E-state index in [1.165, 1.54) is 16.2 Å². The van der Waals surface area contributed by atoms with Gasteiger partial charge < -0.3 is 0 Å². The van der Waals surface area contributed by atoms with Crippen molar-refractivity contribution in [3.05, 3.63) is 81.6 Å². The van der Waals surface area contributed by atoms with E-state index in [2.05, 4.69) is 26.4 Å². The normalized spacial score (nSPS) is 11.1. The Morgan fingerprint density at radius 1 is 1.10 bits per heavy atom. The Labute approximate surface area is 180 Å². The number of nitrogens with one attached hydrogen (secondary N) is 1. The number of thiophene rings is 1. The summed E-state index contributed by atoms with van der Waals surface area (Å²) in [7, 11) is 0. The lowest BCUT2D eigenvalue weighted by molar-refractivity contribution is 0.102. The second-order valence-electron chi connectivity index (χ2n) is 6.79. The van der Waals surface area contributed by atoms with E-state index < -0.39 is 0 Å². The zero-order valence-corrected chi connectivity index (χ0v) is 17.7. The van der Waals surface area contributed by atoms with Crippen LogP contribution in [0, 0.1) is 6.92 Å². The molecule has 1 aromatic carbocycles. The fraction of sp³-hybridized carbons (Fsp3) is 0.0909. The van der Waals surface area contributed by atoms with Crippen molar-refractivity contribution in [3.8, 4) is 11.3 Å². The molecule has 5 rings (SSSR count). The summed E-state index contributed by atoms with van der Waals surface area (Å²) in [5, 5.41) is 12.7. The quantitative estimate of drug-likeness (QED) is 0.414. The largest absolute Gasteiger partial charge is 0.298 e. The first-order valence-corrected chi connectivity index (χ1v) is 11.1. The highest BCUT2D eigenvalue weighted by Gasteiger charge is 2.17. The third kappa shape index (κ3) is 3.62. The van der Waals surface area contributed by atoms with Gasteiger partial charge in [0.2, 0.25) is 0 Å². The summed E-state index contributed by atoms with van der Waals surface area (Å²) >= 11 is 3.08. The van der Waals surface area contributed by atoms with E-state index in [0.717, 1.165) is 22.3 Å². The van der Waals surface area contributed by atoms with Crippen LogP contribution in [-0.2, 0) is 6.54 Å². The maximum absolute atomic E-state index is 13.0. The van der Waals surface area contributed by atoms with Gasteiger partial charge in [-0.25, -0.2) is 14.6 Å². The Morgan fingerprint density at radius 3 is 2.77 bits per heavy atom. The van der Waals surface area contributed by atoms with Gasteiger partial charge in [-0.05, 0) is 24.4 Å². The van der Waals surface area contributed by atoms with Crippen LogP contribution in [0.5, 0.6) is 0 Å². The number of anilines is 1. The molecule has 1 N–H and O–H groups in total. The number of aromatic nitrogens is 4. The molecule has 4 aromatic heterocycles. The minimum Gasteiger partial charge on any atom is -0.298 e. The number of benzene rings is 1. The summed E-state index contributed by atoms with van der Waals surface area (Å²) in [6.07, 6.45) is 1.71. The molecule has 0 aliphatic rings. The van der Waals surface area contributed by atoms with Gasteiger partial charge in [-0.3, -0.25) is 10.1 Å². The minimum absolute atomic E-state index is 0.213. The van der Waals surface area contributed by atoms with Crippen LogP contribution in [0.25, 0.3) is 22.3 Å². The zero-order valence-electron chi connectivity index (χ0n) is 16.1. The second kappa shape index (κ2) is 7.81. The lowest BCUT2D eigenvalue weighted by Gasteiger charge is -2.06. The molecular weight excluding hydrogens is 414 g/mol. The van der Waals surface area contributed by atoms with Crippen molar-refractivity contribution < 1.29 is 4.79 Å². The summed E-state index contributed by atoms with van der Waals surface area (Å²) in [6.45, 7) is 2.52. The molecule has 30 heavy (non-hydrogen) atoms. The van der Waals surface area contributed by atoms with E-state index in [9.17, 15) is 4.79 Å². The molecule has 1 amide bonds. The van der Waals surface area contributed by atoms with Crippen LogP contribution < -0.4 is 5.32 Å². The first kappa shape index (κ1) is 18.7. The highest BCUT2D eigenvalue weighted by Crippen LogP contribution is 2.26. The van der Waals surface area contributed by atoms with Crippen LogP contribution in [-0.4, -0.2) is 25.7 Å². The SMILES string of the molecule is Cc1cc(C(=O)Nc2nc(-c3ccccc3)cs2)c2cnn(Cc3cccs3)c2n1. The van der Waals surface area contributed by atoms with Gasteiger partial charge in [-0.1, -0.05) is 36.4 Å². The third-order valence-electron chi connectivity index (χ3n) is 4.66. The lowest BCUT2D eigenvalue weighted by Crippen LogP contribution is -2.13. The van der Waals surface area contributed by atoms with E-state index in [1.807, 2.05) is 58.8 Å². The number of thiazole rings is 1. The predicted octanol–water partition coefficient (Wildman–Crippen LogP) is 5.23. The molecule has 0 aliphatic carbocycles. The number of nitrogens with zero attached hydrogens (tertiary/aromatic N) is 4. The van der Waals surface area contributed by atoms with Gasteiger partial charge in [-0.2, -0.15) is 5.10 Å². The molecule has 8 heteroatoms. The fourth-order valence-corrected chi connectivity index (χ4v) is 4.66. The van der Waals surface area contributed by atoms with Gasteiger partial charge in [0, 0.05) is 21.5 Å². The Kier molecular flexibility index (Phi) is 4.86. The Bertz CT molecular complexity index is 1320. The molecule has 0 radical (unpaired) electrons. The number of fused-ring (bicyclic) bond motifs is 1. The second-order valence-corrected chi connectivity index (χ2v) is 8.68. The molecule has 0 unspecified atom stereocenters. The minimum atomic E-state index is -0.213. The standard InChI is InChI=1S/C22H17N5OS2/c1-14-10-17(18-11-23-27(20(18)24-14)12-16-8-5-9-29-16)21(28)26-22-25-19(13-30-22)15-6-3-2-4-7-15/h2-11,13H,12H2,1H3,(H,25,26,28). The van der Waals surface area contributed by atoms with Crippen molar-refractivity contribution in [1.82, 2.24) is 19.7 Å². The molecule has 0 aliphatic heterocycles. The van der Waals surface area contributed by atoms with Gasteiger partial charge in [0.25, 0.3) is 5.91 Å². The van der Waals surface area contributed by atoms with Crippen molar-refractivity contribution in [2.45, 2.75) is 13.5 Å². The Balaban J connectivity index is 1.44. The molecule has 6 nitrogen and oxygen atoms in total. The number of carbonyl (C=O) groups excluding carboxylic acids is 1. The van der Waals surface area contributed by atoms with Gasteiger partial charge >= 0.3 is 0 Å². The molecule has 0 saturated heterocycles. The smallest absolute Gasteiger partial charge is 0.258 e. The summed E-state index contributed by atoms with van der Waals surface area (Å²) in [5.41, 5.74) is 3.88. The van der Waals surface area contributed by atoms with Gasteiger partial charge in [-0.15, -0.1) is 22.7 Å². The van der Waals surface area contributed by atoms with Crippen LogP contribution in [0.3, 0.4) is 0 Å². The van der Waals surface area contributed by atoms with Crippen LogP contribution >= 0.6 is 22.7 Å². The molecular formula is C22H17N5OS2. The summed E-state index contributed by atoms with van der Waals surface area (Å²) in [4.78, 5) is 23.4. The summed E-state index contributed by atoms with van der Waals surface area (Å²) in [5.74, 6) is -0.213. The maximum Gasteiger partial charge on any atom is 0.258 e. The van der Waals surface area contributed by atoms with E-state index >= 15 is 0 Å². The predicted molar refractivity (Wildman–Crippen MR) is 121 cm³/mol. The van der Waals surface area contributed by atoms with E-state index in [-0.39, 0.29) is 5.91 Å². The highest BCUT2D eigenvalue weighted by atomic mass is 32.1. The van der Waals surface area contributed by atoms with Crippen molar-refractivity contribution in [2.75, 3.05) is 5.32 Å². The zero-order chi connectivity index (χ0) is 20.5. The van der Waals surface area contributed by atoms with Crippen LogP contribution in [0.2, 0.25) is 0 Å². The summed E-state index contributed by atoms with van der Waals surface area (Å²) in [6, 6.07) is 15.8. The van der Waals surface area contributed by atoms with Crippen molar-refractivity contribution >= 4 is 44.7 Å². The molecule has 148 valence electrons. The lowest BCUT2D eigenvalue weighted by atomic mass is 10.1. The Hall–Kier alpha value is -3.36.